The highest BCUT2D eigenvalue weighted by Gasteiger charge is 2.34. The van der Waals surface area contributed by atoms with E-state index in [1.165, 1.54) is 4.88 Å². The van der Waals surface area contributed by atoms with Gasteiger partial charge in [-0.15, -0.1) is 11.3 Å². The van der Waals surface area contributed by atoms with E-state index in [1.54, 1.807) is 16.2 Å². The maximum Gasteiger partial charge on any atom is 0.410 e. The van der Waals surface area contributed by atoms with Crippen LogP contribution in [0.3, 0.4) is 0 Å². The van der Waals surface area contributed by atoms with E-state index in [-0.39, 0.29) is 12.1 Å². The first-order valence-electron chi connectivity index (χ1n) is 6.91. The van der Waals surface area contributed by atoms with E-state index in [9.17, 15) is 4.79 Å². The number of amides is 1. The normalized spacial score (nSPS) is 17.8. The molecule has 1 N–H and O–H groups in total. The fourth-order valence-corrected chi connectivity index (χ4v) is 2.87. The smallest absolute Gasteiger partial charge is 0.410 e. The zero-order valence-corrected chi connectivity index (χ0v) is 13.6. The summed E-state index contributed by atoms with van der Waals surface area (Å²) in [5, 5.41) is 4.60. The number of aromatic nitrogens is 1. The Bertz CT molecular complexity index is 475. The number of ether oxygens (including phenoxy) is 1. The molecule has 0 aliphatic carbocycles. The number of likely N-dealkylation sites (tertiary alicyclic amines) is 1. The Morgan fingerprint density at radius 2 is 2.20 bits per heavy atom. The summed E-state index contributed by atoms with van der Waals surface area (Å²) in [7, 11) is 0. The van der Waals surface area contributed by atoms with Crippen LogP contribution in [0, 0.1) is 6.92 Å². The fourth-order valence-electron chi connectivity index (χ4n) is 2.07. The van der Waals surface area contributed by atoms with E-state index in [2.05, 4.69) is 17.2 Å². The number of nitrogens with zero attached hydrogens (tertiary/aromatic N) is 2. The molecule has 0 radical (unpaired) electrons. The number of hydrogen-bond donors (Lipinski definition) is 1. The van der Waals surface area contributed by atoms with Gasteiger partial charge in [-0.3, -0.25) is 0 Å². The summed E-state index contributed by atoms with van der Waals surface area (Å²) in [5.74, 6) is 0. The number of aryl methyl sites for hydroxylation is 1. The maximum absolute atomic E-state index is 11.8. The summed E-state index contributed by atoms with van der Waals surface area (Å²) in [6, 6.07) is 0.604. The molecule has 2 heterocycles. The van der Waals surface area contributed by atoms with E-state index >= 15 is 0 Å². The van der Waals surface area contributed by atoms with Crippen LogP contribution >= 0.6 is 11.3 Å². The Hall–Kier alpha value is -1.14. The molecule has 1 atom stereocenters. The van der Waals surface area contributed by atoms with Crippen molar-refractivity contribution in [3.63, 3.8) is 0 Å². The van der Waals surface area contributed by atoms with E-state index in [0.717, 1.165) is 5.01 Å². The molecule has 1 aliphatic heterocycles. The van der Waals surface area contributed by atoms with Crippen LogP contribution in [0.25, 0.3) is 0 Å². The fraction of sp³-hybridized carbons (Fsp3) is 0.714. The van der Waals surface area contributed by atoms with E-state index in [1.807, 2.05) is 33.9 Å². The minimum Gasteiger partial charge on any atom is -0.444 e. The van der Waals surface area contributed by atoms with Crippen LogP contribution in [0.4, 0.5) is 4.79 Å². The molecule has 0 saturated carbocycles. The van der Waals surface area contributed by atoms with Gasteiger partial charge in [0, 0.05) is 36.2 Å². The lowest BCUT2D eigenvalue weighted by molar-refractivity contribution is 0.00437. The third kappa shape index (κ3) is 3.93. The summed E-state index contributed by atoms with van der Waals surface area (Å²) in [6.07, 6.45) is 1.69. The SMILES string of the molecule is Cc1ncc([C@H](C)NC2CN(C(=O)OC(C)(C)C)C2)s1. The topological polar surface area (TPSA) is 54.5 Å². The highest BCUT2D eigenvalue weighted by Crippen LogP contribution is 2.22. The second-order valence-electron chi connectivity index (χ2n) is 6.25. The van der Waals surface area contributed by atoms with Gasteiger partial charge in [0.25, 0.3) is 0 Å². The van der Waals surface area contributed by atoms with E-state index in [0.29, 0.717) is 19.1 Å². The van der Waals surface area contributed by atoms with Crippen LogP contribution in [-0.4, -0.2) is 40.7 Å². The van der Waals surface area contributed by atoms with Crippen LogP contribution in [0.15, 0.2) is 6.20 Å². The molecule has 0 spiro atoms. The summed E-state index contributed by atoms with van der Waals surface area (Å²) >= 11 is 1.71. The predicted molar refractivity (Wildman–Crippen MR) is 80.0 cm³/mol. The van der Waals surface area contributed by atoms with Gasteiger partial charge in [-0.05, 0) is 34.6 Å². The van der Waals surface area contributed by atoms with Crippen molar-refractivity contribution in [2.24, 2.45) is 0 Å². The first kappa shape index (κ1) is 15.3. The summed E-state index contributed by atoms with van der Waals surface area (Å²) in [4.78, 5) is 19.0. The van der Waals surface area contributed by atoms with Crippen LogP contribution < -0.4 is 5.32 Å². The van der Waals surface area contributed by atoms with Crippen LogP contribution in [-0.2, 0) is 4.74 Å². The zero-order valence-electron chi connectivity index (χ0n) is 12.8. The Balaban J connectivity index is 1.75. The molecule has 20 heavy (non-hydrogen) atoms. The van der Waals surface area contributed by atoms with Gasteiger partial charge < -0.3 is 15.0 Å². The zero-order chi connectivity index (χ0) is 14.9. The second kappa shape index (κ2) is 5.69. The van der Waals surface area contributed by atoms with Crippen LogP contribution in [0.1, 0.15) is 43.6 Å². The average molecular weight is 297 g/mol. The highest BCUT2D eigenvalue weighted by atomic mass is 32.1. The van der Waals surface area contributed by atoms with Crippen molar-refractivity contribution in [1.29, 1.82) is 0 Å². The van der Waals surface area contributed by atoms with Gasteiger partial charge in [-0.1, -0.05) is 0 Å². The molecule has 0 unspecified atom stereocenters. The molecule has 6 heteroatoms. The molecule has 0 bridgehead atoms. The summed E-state index contributed by atoms with van der Waals surface area (Å²) in [6.45, 7) is 11.2. The number of hydrogen-bond acceptors (Lipinski definition) is 5. The van der Waals surface area contributed by atoms with Crippen molar-refractivity contribution in [3.8, 4) is 0 Å². The lowest BCUT2D eigenvalue weighted by atomic mass is 10.1. The van der Waals surface area contributed by atoms with Crippen LogP contribution in [0.5, 0.6) is 0 Å². The standard InChI is InChI=1S/C14H23N3O2S/c1-9(12-6-15-10(2)20-12)16-11-7-17(8-11)13(18)19-14(3,4)5/h6,9,11,16H,7-8H2,1-5H3/t9-/m0/s1. The first-order chi connectivity index (χ1) is 9.24. The quantitative estimate of drug-likeness (QED) is 0.932. The number of carbonyl (C=O) groups is 1. The molecular formula is C14H23N3O2S. The van der Waals surface area contributed by atoms with E-state index < -0.39 is 5.60 Å². The van der Waals surface area contributed by atoms with Crippen molar-refractivity contribution in [2.75, 3.05) is 13.1 Å². The first-order valence-corrected chi connectivity index (χ1v) is 7.72. The van der Waals surface area contributed by atoms with Crippen LogP contribution in [0.2, 0.25) is 0 Å². The third-order valence-corrected chi connectivity index (χ3v) is 4.18. The molecule has 1 aromatic rings. The highest BCUT2D eigenvalue weighted by molar-refractivity contribution is 7.11. The van der Waals surface area contributed by atoms with Gasteiger partial charge in [-0.2, -0.15) is 0 Å². The number of nitrogens with one attached hydrogen (secondary N) is 1. The maximum atomic E-state index is 11.8. The van der Waals surface area contributed by atoms with E-state index in [4.69, 9.17) is 4.74 Å². The van der Waals surface area contributed by atoms with Gasteiger partial charge in [0.2, 0.25) is 0 Å². The second-order valence-corrected chi connectivity index (χ2v) is 7.52. The minimum absolute atomic E-state index is 0.225. The average Bonchev–Trinajstić information content (AvgIpc) is 2.66. The molecule has 1 fully saturated rings. The number of thiazole rings is 1. The summed E-state index contributed by atoms with van der Waals surface area (Å²) < 4.78 is 5.33. The molecule has 0 aromatic carbocycles. The molecule has 5 nitrogen and oxygen atoms in total. The minimum atomic E-state index is -0.428. The lowest BCUT2D eigenvalue weighted by Gasteiger charge is -2.41. The Morgan fingerprint density at radius 1 is 1.55 bits per heavy atom. The van der Waals surface area contributed by atoms with Gasteiger partial charge in [0.05, 0.1) is 5.01 Å². The molecule has 112 valence electrons. The molecule has 1 aromatic heterocycles. The van der Waals surface area contributed by atoms with Crippen molar-refractivity contribution in [2.45, 2.75) is 52.3 Å². The van der Waals surface area contributed by atoms with Gasteiger partial charge in [-0.25, -0.2) is 9.78 Å². The Labute approximate surface area is 124 Å². The Morgan fingerprint density at radius 3 is 2.70 bits per heavy atom. The Kier molecular flexibility index (Phi) is 4.34. The molecular weight excluding hydrogens is 274 g/mol. The monoisotopic (exact) mass is 297 g/mol. The molecule has 1 amide bonds. The van der Waals surface area contributed by atoms with Crippen molar-refractivity contribution < 1.29 is 9.53 Å². The molecule has 1 aliphatic rings. The number of carbonyl (C=O) groups excluding carboxylic acids is 1. The molecule has 1 saturated heterocycles. The van der Waals surface area contributed by atoms with Gasteiger partial charge >= 0.3 is 6.09 Å². The van der Waals surface area contributed by atoms with Crippen molar-refractivity contribution >= 4 is 17.4 Å². The van der Waals surface area contributed by atoms with Gasteiger partial charge in [0.15, 0.2) is 0 Å². The molecule has 2 rings (SSSR count). The van der Waals surface area contributed by atoms with Crippen molar-refractivity contribution in [3.05, 3.63) is 16.1 Å². The third-order valence-electron chi connectivity index (χ3n) is 3.08. The summed E-state index contributed by atoms with van der Waals surface area (Å²) in [5.41, 5.74) is -0.428. The number of rotatable bonds is 3. The van der Waals surface area contributed by atoms with Gasteiger partial charge in [0.1, 0.15) is 5.60 Å². The lowest BCUT2D eigenvalue weighted by Crippen LogP contribution is -2.60. The largest absolute Gasteiger partial charge is 0.444 e. The predicted octanol–water partition coefficient (Wildman–Crippen LogP) is 2.72. The van der Waals surface area contributed by atoms with Crippen molar-refractivity contribution in [1.82, 2.24) is 15.2 Å².